The van der Waals surface area contributed by atoms with E-state index < -0.39 is 0 Å². The highest BCUT2D eigenvalue weighted by atomic mass is 127. The van der Waals surface area contributed by atoms with Gasteiger partial charge in [0.25, 0.3) is 5.56 Å². The second kappa shape index (κ2) is 6.75. The van der Waals surface area contributed by atoms with Crippen molar-refractivity contribution in [1.29, 1.82) is 0 Å². The maximum Gasteiger partial charge on any atom is 0.266 e. The van der Waals surface area contributed by atoms with E-state index in [-0.39, 0.29) is 5.56 Å². The van der Waals surface area contributed by atoms with Gasteiger partial charge in [0, 0.05) is 12.4 Å². The lowest BCUT2D eigenvalue weighted by molar-refractivity contribution is 0.272. The van der Waals surface area contributed by atoms with Crippen molar-refractivity contribution in [3.05, 3.63) is 20.3 Å². The molecule has 1 aliphatic carbocycles. The molecule has 2 N–H and O–H groups in total. The lowest BCUT2D eigenvalue weighted by atomic mass is 9.80. The lowest BCUT2D eigenvalue weighted by Crippen LogP contribution is -2.28. The average molecular weight is 382 g/mol. The van der Waals surface area contributed by atoms with Crippen LogP contribution >= 0.6 is 34.2 Å². The van der Waals surface area contributed by atoms with Crippen LogP contribution < -0.4 is 10.9 Å². The van der Waals surface area contributed by atoms with Crippen LogP contribution in [0.2, 0.25) is 0 Å². The molecule has 6 heteroatoms. The van der Waals surface area contributed by atoms with Crippen LogP contribution in [0.1, 0.15) is 25.7 Å². The smallest absolute Gasteiger partial charge is 0.266 e. The Morgan fingerprint density at radius 1 is 1.44 bits per heavy atom. The molecule has 0 radical (unpaired) electrons. The molecule has 0 amide bonds. The van der Waals surface area contributed by atoms with Gasteiger partial charge in [-0.25, -0.2) is 4.98 Å². The summed E-state index contributed by atoms with van der Waals surface area (Å²) in [7, 11) is 0. The zero-order valence-corrected chi connectivity index (χ0v) is 13.0. The maximum atomic E-state index is 11.4. The summed E-state index contributed by atoms with van der Waals surface area (Å²) in [5, 5.41) is 3.29. The van der Waals surface area contributed by atoms with Crippen LogP contribution in [-0.2, 0) is 0 Å². The highest BCUT2D eigenvalue weighted by molar-refractivity contribution is 14.1. The minimum Gasteiger partial charge on any atom is -0.369 e. The van der Waals surface area contributed by atoms with Gasteiger partial charge in [0.05, 0.1) is 6.33 Å². The van der Waals surface area contributed by atoms with Crippen molar-refractivity contribution in [2.24, 2.45) is 11.8 Å². The molecule has 1 aromatic rings. The van der Waals surface area contributed by atoms with Crippen molar-refractivity contribution in [2.45, 2.75) is 25.7 Å². The standard InChI is InChI=1S/C12H17ClIN3O/c13-5-8-3-1-2-4-9(8)6-15-11-10(14)12(18)17-7-16-11/h7-9H,1-6H2,(H2,15,16,17,18). The molecular weight excluding hydrogens is 365 g/mol. The van der Waals surface area contributed by atoms with E-state index in [1.807, 2.05) is 22.6 Å². The number of hydrogen-bond donors (Lipinski definition) is 2. The molecule has 18 heavy (non-hydrogen) atoms. The minimum atomic E-state index is -0.0920. The molecule has 0 bridgehead atoms. The Balaban J connectivity index is 1.98. The van der Waals surface area contributed by atoms with E-state index >= 15 is 0 Å². The number of nitrogens with one attached hydrogen (secondary N) is 2. The van der Waals surface area contributed by atoms with Gasteiger partial charge in [-0.15, -0.1) is 11.6 Å². The summed E-state index contributed by atoms with van der Waals surface area (Å²) in [6, 6.07) is 0. The number of hydrogen-bond acceptors (Lipinski definition) is 3. The Morgan fingerprint density at radius 3 is 2.89 bits per heavy atom. The number of rotatable bonds is 4. The summed E-state index contributed by atoms with van der Waals surface area (Å²) in [6.45, 7) is 0.851. The highest BCUT2D eigenvalue weighted by Crippen LogP contribution is 2.31. The third-order valence-corrected chi connectivity index (χ3v) is 4.99. The summed E-state index contributed by atoms with van der Waals surface area (Å²) >= 11 is 8.03. The van der Waals surface area contributed by atoms with Gasteiger partial charge < -0.3 is 10.3 Å². The van der Waals surface area contributed by atoms with Crippen LogP contribution in [0.5, 0.6) is 0 Å². The second-order valence-electron chi connectivity index (χ2n) is 4.73. The second-order valence-corrected chi connectivity index (χ2v) is 6.12. The minimum absolute atomic E-state index is 0.0920. The Bertz CT molecular complexity index is 451. The van der Waals surface area contributed by atoms with Gasteiger partial charge in [0.2, 0.25) is 0 Å². The fourth-order valence-electron chi connectivity index (χ4n) is 2.49. The zero-order valence-electron chi connectivity index (χ0n) is 10.1. The SMILES string of the molecule is O=c1[nH]cnc(NCC2CCCCC2CCl)c1I. The van der Waals surface area contributed by atoms with E-state index in [0.717, 1.165) is 12.4 Å². The quantitative estimate of drug-likeness (QED) is 0.623. The van der Waals surface area contributed by atoms with Crippen molar-refractivity contribution in [1.82, 2.24) is 9.97 Å². The van der Waals surface area contributed by atoms with E-state index in [4.69, 9.17) is 11.6 Å². The molecule has 2 atom stereocenters. The molecule has 1 fully saturated rings. The van der Waals surface area contributed by atoms with E-state index in [1.54, 1.807) is 0 Å². The average Bonchev–Trinajstić information content (AvgIpc) is 2.41. The highest BCUT2D eigenvalue weighted by Gasteiger charge is 2.24. The molecule has 100 valence electrons. The third-order valence-electron chi connectivity index (χ3n) is 3.59. The van der Waals surface area contributed by atoms with Gasteiger partial charge in [-0.3, -0.25) is 4.79 Å². The summed E-state index contributed by atoms with van der Waals surface area (Å²) < 4.78 is 0.619. The summed E-state index contributed by atoms with van der Waals surface area (Å²) in [6.07, 6.45) is 6.43. The van der Waals surface area contributed by atoms with Crippen LogP contribution in [-0.4, -0.2) is 22.4 Å². The van der Waals surface area contributed by atoms with Gasteiger partial charge in [0.1, 0.15) is 9.39 Å². The van der Waals surface area contributed by atoms with Gasteiger partial charge in [-0.2, -0.15) is 0 Å². The fraction of sp³-hybridized carbons (Fsp3) is 0.667. The molecule has 1 aromatic heterocycles. The Hall–Kier alpha value is -0.300. The first kappa shape index (κ1) is 14.1. The fourth-order valence-corrected chi connectivity index (χ4v) is 3.38. The van der Waals surface area contributed by atoms with Gasteiger partial charge in [-0.05, 0) is 47.3 Å². The van der Waals surface area contributed by atoms with Gasteiger partial charge in [-0.1, -0.05) is 12.8 Å². The zero-order chi connectivity index (χ0) is 13.0. The van der Waals surface area contributed by atoms with E-state index in [1.165, 1.54) is 32.0 Å². The van der Waals surface area contributed by atoms with Crippen LogP contribution in [0.15, 0.2) is 11.1 Å². The Kier molecular flexibility index (Phi) is 5.29. The van der Waals surface area contributed by atoms with Crippen LogP contribution in [0.3, 0.4) is 0 Å². The molecule has 1 aliphatic rings. The third kappa shape index (κ3) is 3.38. The monoisotopic (exact) mass is 381 g/mol. The number of aromatic nitrogens is 2. The van der Waals surface area contributed by atoms with Crippen molar-refractivity contribution in [2.75, 3.05) is 17.7 Å². The number of aromatic amines is 1. The Labute approximate surface area is 125 Å². The predicted molar refractivity (Wildman–Crippen MR) is 82.2 cm³/mol. The van der Waals surface area contributed by atoms with Crippen molar-refractivity contribution in [3.63, 3.8) is 0 Å². The molecule has 2 rings (SSSR count). The first-order valence-electron chi connectivity index (χ1n) is 6.25. The molecule has 4 nitrogen and oxygen atoms in total. The number of H-pyrrole nitrogens is 1. The summed E-state index contributed by atoms with van der Waals surface area (Å²) in [4.78, 5) is 18.2. The number of alkyl halides is 1. The summed E-state index contributed by atoms with van der Waals surface area (Å²) in [5.74, 6) is 2.59. The molecule has 1 heterocycles. The molecule has 1 saturated carbocycles. The lowest BCUT2D eigenvalue weighted by Gasteiger charge is -2.30. The first-order valence-corrected chi connectivity index (χ1v) is 7.86. The van der Waals surface area contributed by atoms with Crippen molar-refractivity contribution >= 4 is 40.0 Å². The maximum absolute atomic E-state index is 11.4. The van der Waals surface area contributed by atoms with Gasteiger partial charge in [0.15, 0.2) is 0 Å². The van der Waals surface area contributed by atoms with Crippen molar-refractivity contribution in [3.8, 4) is 0 Å². The molecule has 0 aromatic carbocycles. The Morgan fingerprint density at radius 2 is 2.17 bits per heavy atom. The normalized spacial score (nSPS) is 23.9. The molecule has 0 aliphatic heterocycles. The van der Waals surface area contributed by atoms with Gasteiger partial charge >= 0.3 is 0 Å². The van der Waals surface area contributed by atoms with E-state index in [9.17, 15) is 4.79 Å². The van der Waals surface area contributed by atoms with Crippen LogP contribution in [0.25, 0.3) is 0 Å². The van der Waals surface area contributed by atoms with Crippen molar-refractivity contribution < 1.29 is 0 Å². The van der Waals surface area contributed by atoms with E-state index in [2.05, 4.69) is 15.3 Å². The van der Waals surface area contributed by atoms with Crippen LogP contribution in [0, 0.1) is 15.4 Å². The topological polar surface area (TPSA) is 57.8 Å². The molecule has 2 unspecified atom stereocenters. The molecule has 0 saturated heterocycles. The van der Waals surface area contributed by atoms with Crippen LogP contribution in [0.4, 0.5) is 5.82 Å². The largest absolute Gasteiger partial charge is 0.369 e. The number of anilines is 1. The molecular formula is C12H17ClIN3O. The van der Waals surface area contributed by atoms with E-state index in [0.29, 0.717) is 21.2 Å². The predicted octanol–water partition coefficient (Wildman–Crippen LogP) is 2.83. The molecule has 0 spiro atoms. The number of nitrogens with zero attached hydrogens (tertiary/aromatic N) is 1. The summed E-state index contributed by atoms with van der Waals surface area (Å²) in [5.41, 5.74) is -0.0920. The first-order chi connectivity index (χ1) is 8.72. The number of halogens is 2.